The zero-order chi connectivity index (χ0) is 14.0. The molecule has 100 valence electrons. The van der Waals surface area contributed by atoms with Gasteiger partial charge in [-0.3, -0.25) is 4.79 Å². The predicted octanol–water partition coefficient (Wildman–Crippen LogP) is 2.67. The van der Waals surface area contributed by atoms with Crippen molar-refractivity contribution in [3.63, 3.8) is 0 Å². The Morgan fingerprint density at radius 1 is 1.42 bits per heavy atom. The Bertz CT molecular complexity index is 550. The second-order valence-corrected chi connectivity index (χ2v) is 4.96. The van der Waals surface area contributed by atoms with Gasteiger partial charge in [0.15, 0.2) is 0 Å². The highest BCUT2D eigenvalue weighted by Gasteiger charge is 2.30. The van der Waals surface area contributed by atoms with Crippen LogP contribution in [0, 0.1) is 0 Å². The molecule has 0 saturated heterocycles. The van der Waals surface area contributed by atoms with Gasteiger partial charge in [0.2, 0.25) is 0 Å². The topological polar surface area (TPSA) is 57.6 Å². The van der Waals surface area contributed by atoms with Gasteiger partial charge in [0, 0.05) is 29.8 Å². The van der Waals surface area contributed by atoms with E-state index in [0.717, 1.165) is 18.9 Å². The first-order valence-corrected chi connectivity index (χ1v) is 6.34. The Kier molecular flexibility index (Phi) is 3.90. The molecule has 0 radical (unpaired) electrons. The highest BCUT2D eigenvalue weighted by Crippen LogP contribution is 2.27. The summed E-state index contributed by atoms with van der Waals surface area (Å²) in [5.74, 6) is -1.09. The summed E-state index contributed by atoms with van der Waals surface area (Å²) >= 11 is 6.04. The number of carbonyl (C=O) groups is 2. The summed E-state index contributed by atoms with van der Waals surface area (Å²) in [6, 6.07) is 5.23. The SMILES string of the molecule is CN(C(=O)c1ccc(/C=C/C(=O)O)c(Cl)c1)C1CC1. The molecule has 1 aromatic rings. The molecule has 1 N–H and O–H groups in total. The molecule has 0 bridgehead atoms. The molecular formula is C14H14ClNO3. The van der Waals surface area contributed by atoms with E-state index in [1.165, 1.54) is 6.08 Å². The average Bonchev–Trinajstić information content (AvgIpc) is 3.19. The number of benzene rings is 1. The van der Waals surface area contributed by atoms with Gasteiger partial charge in [-0.2, -0.15) is 0 Å². The molecule has 19 heavy (non-hydrogen) atoms. The van der Waals surface area contributed by atoms with Crippen LogP contribution >= 0.6 is 11.6 Å². The van der Waals surface area contributed by atoms with Crippen molar-refractivity contribution >= 4 is 29.6 Å². The first kappa shape index (κ1) is 13.6. The first-order valence-electron chi connectivity index (χ1n) is 5.97. The number of amides is 1. The van der Waals surface area contributed by atoms with E-state index in [1.807, 2.05) is 0 Å². The maximum absolute atomic E-state index is 12.1. The van der Waals surface area contributed by atoms with Gasteiger partial charge in [0.05, 0.1) is 0 Å². The minimum atomic E-state index is -1.04. The summed E-state index contributed by atoms with van der Waals surface area (Å²) in [7, 11) is 1.78. The molecule has 5 heteroatoms. The number of hydrogen-bond acceptors (Lipinski definition) is 2. The van der Waals surface area contributed by atoms with Gasteiger partial charge in [-0.05, 0) is 36.6 Å². The van der Waals surface area contributed by atoms with Crippen LogP contribution in [0.15, 0.2) is 24.3 Å². The Balaban J connectivity index is 2.18. The van der Waals surface area contributed by atoms with Gasteiger partial charge in [0.25, 0.3) is 5.91 Å². The number of carbonyl (C=O) groups excluding carboxylic acids is 1. The molecule has 1 aliphatic rings. The smallest absolute Gasteiger partial charge is 0.328 e. The summed E-state index contributed by atoms with van der Waals surface area (Å²) < 4.78 is 0. The summed E-state index contributed by atoms with van der Waals surface area (Å²) in [5, 5.41) is 8.93. The zero-order valence-electron chi connectivity index (χ0n) is 10.5. The number of carboxylic acid groups (broad SMARTS) is 1. The molecule has 1 aromatic carbocycles. The van der Waals surface area contributed by atoms with Crippen molar-refractivity contribution in [2.24, 2.45) is 0 Å². The van der Waals surface area contributed by atoms with Crippen molar-refractivity contribution in [3.8, 4) is 0 Å². The number of halogens is 1. The molecular weight excluding hydrogens is 266 g/mol. The predicted molar refractivity (Wildman–Crippen MR) is 73.2 cm³/mol. The highest BCUT2D eigenvalue weighted by molar-refractivity contribution is 6.32. The van der Waals surface area contributed by atoms with Crippen molar-refractivity contribution in [3.05, 3.63) is 40.4 Å². The van der Waals surface area contributed by atoms with Gasteiger partial charge in [-0.1, -0.05) is 17.7 Å². The molecule has 0 aliphatic heterocycles. The molecule has 1 saturated carbocycles. The third-order valence-electron chi connectivity index (χ3n) is 3.07. The second-order valence-electron chi connectivity index (χ2n) is 4.56. The largest absolute Gasteiger partial charge is 0.478 e. The lowest BCUT2D eigenvalue weighted by molar-refractivity contribution is -0.131. The van der Waals surface area contributed by atoms with Gasteiger partial charge in [-0.25, -0.2) is 4.79 Å². The van der Waals surface area contributed by atoms with Crippen molar-refractivity contribution in [1.29, 1.82) is 0 Å². The average molecular weight is 280 g/mol. The van der Waals surface area contributed by atoms with Crippen molar-refractivity contribution in [2.75, 3.05) is 7.05 Å². The zero-order valence-corrected chi connectivity index (χ0v) is 11.2. The van der Waals surface area contributed by atoms with Crippen LogP contribution in [-0.4, -0.2) is 35.0 Å². The van der Waals surface area contributed by atoms with Crippen LogP contribution in [0.4, 0.5) is 0 Å². The van der Waals surface area contributed by atoms with Crippen LogP contribution in [0.3, 0.4) is 0 Å². The lowest BCUT2D eigenvalue weighted by Crippen LogP contribution is -2.28. The van der Waals surface area contributed by atoms with E-state index in [4.69, 9.17) is 16.7 Å². The quantitative estimate of drug-likeness (QED) is 0.862. The number of aliphatic carboxylic acids is 1. The Morgan fingerprint density at radius 2 is 2.11 bits per heavy atom. The molecule has 0 aromatic heterocycles. The number of hydrogen-bond donors (Lipinski definition) is 1. The number of carboxylic acids is 1. The molecule has 0 heterocycles. The van der Waals surface area contributed by atoms with E-state index < -0.39 is 5.97 Å². The van der Waals surface area contributed by atoms with E-state index in [9.17, 15) is 9.59 Å². The van der Waals surface area contributed by atoms with Crippen molar-refractivity contribution < 1.29 is 14.7 Å². The van der Waals surface area contributed by atoms with Gasteiger partial charge in [0.1, 0.15) is 0 Å². The van der Waals surface area contributed by atoms with Crippen LogP contribution in [0.1, 0.15) is 28.8 Å². The van der Waals surface area contributed by atoms with Gasteiger partial charge >= 0.3 is 5.97 Å². The maximum Gasteiger partial charge on any atom is 0.328 e. The molecule has 1 fully saturated rings. The molecule has 1 amide bonds. The third kappa shape index (κ3) is 3.35. The van der Waals surface area contributed by atoms with E-state index in [0.29, 0.717) is 22.2 Å². The van der Waals surface area contributed by atoms with E-state index in [2.05, 4.69) is 0 Å². The van der Waals surface area contributed by atoms with Crippen molar-refractivity contribution in [2.45, 2.75) is 18.9 Å². The molecule has 2 rings (SSSR count). The summed E-state index contributed by atoms with van der Waals surface area (Å²) in [5.41, 5.74) is 1.10. The number of nitrogens with zero attached hydrogens (tertiary/aromatic N) is 1. The Hall–Kier alpha value is -1.81. The van der Waals surface area contributed by atoms with Crippen LogP contribution in [-0.2, 0) is 4.79 Å². The minimum absolute atomic E-state index is 0.0573. The summed E-state index contributed by atoms with van der Waals surface area (Å²) in [6.45, 7) is 0. The van der Waals surface area contributed by atoms with Crippen molar-refractivity contribution in [1.82, 2.24) is 4.90 Å². The fraction of sp³-hybridized carbons (Fsp3) is 0.286. The van der Waals surface area contributed by atoms with Crippen LogP contribution in [0.2, 0.25) is 5.02 Å². The molecule has 0 unspecified atom stereocenters. The Morgan fingerprint density at radius 3 is 2.63 bits per heavy atom. The van der Waals surface area contributed by atoms with Gasteiger partial charge in [-0.15, -0.1) is 0 Å². The van der Waals surface area contributed by atoms with E-state index >= 15 is 0 Å². The number of rotatable bonds is 4. The fourth-order valence-corrected chi connectivity index (χ4v) is 2.03. The molecule has 0 atom stereocenters. The molecule has 0 spiro atoms. The second kappa shape index (κ2) is 5.45. The van der Waals surface area contributed by atoms with Crippen LogP contribution in [0.5, 0.6) is 0 Å². The maximum atomic E-state index is 12.1. The summed E-state index contributed by atoms with van der Waals surface area (Å²) in [4.78, 5) is 24.3. The normalized spacial score (nSPS) is 14.6. The first-order chi connectivity index (χ1) is 8.99. The Labute approximate surface area is 116 Å². The monoisotopic (exact) mass is 279 g/mol. The summed E-state index contributed by atoms with van der Waals surface area (Å²) in [6.07, 6.45) is 4.52. The van der Waals surface area contributed by atoms with Gasteiger partial charge < -0.3 is 10.0 Å². The third-order valence-corrected chi connectivity index (χ3v) is 3.40. The van der Waals surface area contributed by atoms with E-state index in [1.54, 1.807) is 30.1 Å². The highest BCUT2D eigenvalue weighted by atomic mass is 35.5. The lowest BCUT2D eigenvalue weighted by atomic mass is 10.1. The lowest BCUT2D eigenvalue weighted by Gasteiger charge is -2.16. The minimum Gasteiger partial charge on any atom is -0.478 e. The van der Waals surface area contributed by atoms with E-state index in [-0.39, 0.29) is 5.91 Å². The molecule has 1 aliphatic carbocycles. The molecule has 4 nitrogen and oxygen atoms in total. The van der Waals surface area contributed by atoms with Crippen LogP contribution < -0.4 is 0 Å². The fourth-order valence-electron chi connectivity index (χ4n) is 1.79. The standard InChI is InChI=1S/C14H14ClNO3/c1-16(11-5-6-11)14(19)10-3-2-9(12(15)8-10)4-7-13(17)18/h2-4,7-8,11H,5-6H2,1H3,(H,17,18)/b7-4+. The van der Waals surface area contributed by atoms with Crippen LogP contribution in [0.25, 0.3) is 6.08 Å².